The molecule has 0 atom stereocenters. The second-order valence-electron chi connectivity index (χ2n) is 2.14. The van der Waals surface area contributed by atoms with Crippen molar-refractivity contribution >= 4 is 5.97 Å². The van der Waals surface area contributed by atoms with Crippen molar-refractivity contribution in [1.82, 2.24) is 0 Å². The molecule has 0 rings (SSSR count). The lowest BCUT2D eigenvalue weighted by atomic mass is 10.4. The lowest BCUT2D eigenvalue weighted by molar-refractivity contribution is -0.146. The summed E-state index contributed by atoms with van der Waals surface area (Å²) in [6.45, 7) is 5.33. The fourth-order valence-corrected chi connectivity index (χ4v) is 0.465. The van der Waals surface area contributed by atoms with Gasteiger partial charge in [0.2, 0.25) is 0 Å². The van der Waals surface area contributed by atoms with Gasteiger partial charge in [-0.05, 0) is 20.8 Å². The largest absolute Gasteiger partial charge is 0.462 e. The molecule has 0 heterocycles. The summed E-state index contributed by atoms with van der Waals surface area (Å²) in [6, 6.07) is 0. The Bertz CT molecular complexity index is 160. The monoisotopic (exact) mass is 140 g/mol. The van der Waals surface area contributed by atoms with Gasteiger partial charge in [0.15, 0.2) is 0 Å². The van der Waals surface area contributed by atoms with Gasteiger partial charge in [0.05, 0.1) is 6.10 Å². The van der Waals surface area contributed by atoms with Crippen LogP contribution in [0, 0.1) is 11.8 Å². The third kappa shape index (κ3) is 5.17. The van der Waals surface area contributed by atoms with Gasteiger partial charge < -0.3 is 4.74 Å². The molecule has 10 heavy (non-hydrogen) atoms. The van der Waals surface area contributed by atoms with E-state index in [0.717, 1.165) is 0 Å². The lowest BCUT2D eigenvalue weighted by Crippen LogP contribution is -2.09. The van der Waals surface area contributed by atoms with Crippen molar-refractivity contribution < 1.29 is 9.53 Å². The molecule has 0 aromatic rings. The highest BCUT2D eigenvalue weighted by atomic mass is 16.5. The molecular formula is C8H12O2. The van der Waals surface area contributed by atoms with Gasteiger partial charge in [0.25, 0.3) is 0 Å². The van der Waals surface area contributed by atoms with Crippen LogP contribution in [0.25, 0.3) is 0 Å². The van der Waals surface area contributed by atoms with Crippen LogP contribution in [0.4, 0.5) is 0 Å². The Morgan fingerprint density at radius 2 is 2.20 bits per heavy atom. The van der Waals surface area contributed by atoms with E-state index < -0.39 is 0 Å². The number of carbonyl (C=O) groups is 1. The summed E-state index contributed by atoms with van der Waals surface area (Å²) in [4.78, 5) is 10.7. The van der Waals surface area contributed by atoms with Gasteiger partial charge in [-0.1, -0.05) is 5.92 Å². The molecular weight excluding hydrogens is 128 g/mol. The average molecular weight is 140 g/mol. The van der Waals surface area contributed by atoms with Crippen molar-refractivity contribution in [3.05, 3.63) is 0 Å². The highest BCUT2D eigenvalue weighted by Gasteiger charge is 2.01. The number of ether oxygens (including phenoxy) is 1. The summed E-state index contributed by atoms with van der Waals surface area (Å²) in [5, 5.41) is 0. The quantitative estimate of drug-likeness (QED) is 0.427. The van der Waals surface area contributed by atoms with Crippen LogP contribution in [0.2, 0.25) is 0 Å². The van der Waals surface area contributed by atoms with Gasteiger partial charge in [0.1, 0.15) is 6.42 Å². The maximum absolute atomic E-state index is 10.7. The number of rotatable bonds is 2. The van der Waals surface area contributed by atoms with Gasteiger partial charge in [-0.15, -0.1) is 5.92 Å². The fraction of sp³-hybridized carbons (Fsp3) is 0.625. The first-order valence-electron chi connectivity index (χ1n) is 3.26. The molecule has 0 unspecified atom stereocenters. The van der Waals surface area contributed by atoms with E-state index in [-0.39, 0.29) is 18.5 Å². The summed E-state index contributed by atoms with van der Waals surface area (Å²) < 4.78 is 4.81. The van der Waals surface area contributed by atoms with Crippen molar-refractivity contribution in [1.29, 1.82) is 0 Å². The van der Waals surface area contributed by atoms with Crippen LogP contribution in [0.1, 0.15) is 27.2 Å². The minimum absolute atomic E-state index is 0.0360. The number of hydrogen-bond acceptors (Lipinski definition) is 2. The Kier molecular flexibility index (Phi) is 4.39. The van der Waals surface area contributed by atoms with E-state index >= 15 is 0 Å². The zero-order valence-corrected chi connectivity index (χ0v) is 6.60. The molecule has 0 N–H and O–H groups in total. The van der Waals surface area contributed by atoms with Crippen molar-refractivity contribution in [2.24, 2.45) is 0 Å². The Morgan fingerprint density at radius 1 is 1.60 bits per heavy atom. The topological polar surface area (TPSA) is 26.3 Å². The first-order chi connectivity index (χ1) is 4.66. The van der Waals surface area contributed by atoms with Gasteiger partial charge in [-0.25, -0.2) is 0 Å². The normalized spacial score (nSPS) is 8.40. The van der Waals surface area contributed by atoms with Crippen molar-refractivity contribution in [2.45, 2.75) is 33.3 Å². The molecule has 0 aromatic heterocycles. The number of carbonyl (C=O) groups excluding carboxylic acids is 1. The summed E-state index contributed by atoms with van der Waals surface area (Å²) >= 11 is 0. The van der Waals surface area contributed by atoms with Crippen LogP contribution < -0.4 is 0 Å². The van der Waals surface area contributed by atoms with E-state index in [1.807, 2.05) is 13.8 Å². The predicted molar refractivity (Wildman–Crippen MR) is 39.3 cm³/mol. The lowest BCUT2D eigenvalue weighted by Gasteiger charge is -2.04. The smallest absolute Gasteiger partial charge is 0.318 e. The van der Waals surface area contributed by atoms with Crippen LogP contribution in [-0.4, -0.2) is 12.1 Å². The van der Waals surface area contributed by atoms with Crippen LogP contribution in [0.5, 0.6) is 0 Å². The molecule has 0 aliphatic carbocycles. The second-order valence-corrected chi connectivity index (χ2v) is 2.14. The maximum Gasteiger partial charge on any atom is 0.318 e. The summed E-state index contributed by atoms with van der Waals surface area (Å²) in [6.07, 6.45) is 0.167. The van der Waals surface area contributed by atoms with Crippen LogP contribution in [0.3, 0.4) is 0 Å². The SMILES string of the molecule is CC#CCC(=O)OC(C)C. The highest BCUT2D eigenvalue weighted by Crippen LogP contribution is 1.91. The van der Waals surface area contributed by atoms with Crippen LogP contribution >= 0.6 is 0 Å². The molecule has 0 aromatic carbocycles. The summed E-state index contributed by atoms with van der Waals surface area (Å²) in [5.41, 5.74) is 0. The number of esters is 1. The molecule has 2 heteroatoms. The molecule has 0 aliphatic heterocycles. The molecule has 0 amide bonds. The molecule has 0 radical (unpaired) electrons. The Balaban J connectivity index is 3.51. The van der Waals surface area contributed by atoms with E-state index in [0.29, 0.717) is 0 Å². The predicted octanol–water partition coefficient (Wildman–Crippen LogP) is 1.35. The third-order valence-electron chi connectivity index (χ3n) is 0.777. The summed E-state index contributed by atoms with van der Waals surface area (Å²) in [5.74, 6) is 5.00. The minimum Gasteiger partial charge on any atom is -0.462 e. The first kappa shape index (κ1) is 9.03. The van der Waals surface area contributed by atoms with Crippen molar-refractivity contribution in [3.8, 4) is 11.8 Å². The maximum atomic E-state index is 10.7. The van der Waals surface area contributed by atoms with Crippen molar-refractivity contribution in [3.63, 3.8) is 0 Å². The fourth-order valence-electron chi connectivity index (χ4n) is 0.465. The molecule has 56 valence electrons. The van der Waals surface area contributed by atoms with E-state index in [1.54, 1.807) is 6.92 Å². The van der Waals surface area contributed by atoms with E-state index in [1.165, 1.54) is 0 Å². The minimum atomic E-state index is -0.246. The molecule has 0 fully saturated rings. The highest BCUT2D eigenvalue weighted by molar-refractivity contribution is 5.72. The van der Waals surface area contributed by atoms with Gasteiger partial charge in [0, 0.05) is 0 Å². The average Bonchev–Trinajstić information content (AvgIpc) is 1.82. The molecule has 0 saturated carbocycles. The van der Waals surface area contributed by atoms with Crippen LogP contribution in [-0.2, 0) is 9.53 Å². The first-order valence-corrected chi connectivity index (χ1v) is 3.26. The number of hydrogen-bond donors (Lipinski definition) is 0. The molecule has 2 nitrogen and oxygen atoms in total. The molecule has 0 bridgehead atoms. The third-order valence-corrected chi connectivity index (χ3v) is 0.777. The van der Waals surface area contributed by atoms with Gasteiger partial charge in [-0.3, -0.25) is 4.79 Å². The summed E-state index contributed by atoms with van der Waals surface area (Å²) in [7, 11) is 0. The second kappa shape index (κ2) is 4.87. The molecule has 0 spiro atoms. The van der Waals surface area contributed by atoms with Crippen LogP contribution in [0.15, 0.2) is 0 Å². The Morgan fingerprint density at radius 3 is 2.60 bits per heavy atom. The van der Waals surface area contributed by atoms with Crippen molar-refractivity contribution in [2.75, 3.05) is 0 Å². The van der Waals surface area contributed by atoms with E-state index in [4.69, 9.17) is 4.74 Å². The Hall–Kier alpha value is -0.970. The van der Waals surface area contributed by atoms with Gasteiger partial charge in [-0.2, -0.15) is 0 Å². The zero-order chi connectivity index (χ0) is 7.98. The molecule has 0 saturated heterocycles. The standard InChI is InChI=1S/C8H12O2/c1-4-5-6-8(9)10-7(2)3/h7H,6H2,1-3H3. The van der Waals surface area contributed by atoms with E-state index in [9.17, 15) is 4.79 Å². The zero-order valence-electron chi connectivity index (χ0n) is 6.60. The molecule has 0 aliphatic rings. The van der Waals surface area contributed by atoms with Gasteiger partial charge >= 0.3 is 5.97 Å². The van der Waals surface area contributed by atoms with E-state index in [2.05, 4.69) is 11.8 Å². The Labute approximate surface area is 61.6 Å².